The van der Waals surface area contributed by atoms with E-state index in [4.69, 9.17) is 0 Å². The Bertz CT molecular complexity index is 919. The van der Waals surface area contributed by atoms with Crippen molar-refractivity contribution in [2.24, 2.45) is 0 Å². The molecule has 9 heteroatoms. The molecule has 23 heavy (non-hydrogen) atoms. The number of thiophene rings is 1. The molecule has 0 aromatic carbocycles. The summed E-state index contributed by atoms with van der Waals surface area (Å²) < 4.78 is 27.4. The normalized spacial score (nSPS) is 11.4. The Hall–Kier alpha value is -2.39. The van der Waals surface area contributed by atoms with E-state index in [9.17, 15) is 8.42 Å². The number of anilines is 1. The first kappa shape index (κ1) is 15.5. The molecule has 0 saturated heterocycles. The molecule has 0 atom stereocenters. The molecule has 7 nitrogen and oxygen atoms in total. The number of rotatable bonds is 4. The van der Waals surface area contributed by atoms with Gasteiger partial charge in [0.15, 0.2) is 0 Å². The lowest BCUT2D eigenvalue weighted by Crippen LogP contribution is -2.14. The second-order valence-electron chi connectivity index (χ2n) is 4.77. The lowest BCUT2D eigenvalue weighted by atomic mass is 10.3. The molecule has 0 spiro atoms. The van der Waals surface area contributed by atoms with E-state index in [-0.39, 0.29) is 10.2 Å². The third kappa shape index (κ3) is 3.35. The number of nitrogens with one attached hydrogen (secondary N) is 1. The SMILES string of the molecule is Cc1cc(S(=O)(=O)Nc2nccc(-c3cnccn3)n2)sc1C. The highest BCUT2D eigenvalue weighted by Crippen LogP contribution is 2.26. The van der Waals surface area contributed by atoms with E-state index >= 15 is 0 Å². The van der Waals surface area contributed by atoms with E-state index in [1.54, 1.807) is 30.7 Å². The number of sulfonamides is 1. The lowest BCUT2D eigenvalue weighted by molar-refractivity contribution is 0.602. The van der Waals surface area contributed by atoms with Crippen molar-refractivity contribution in [3.63, 3.8) is 0 Å². The molecular weight excluding hydrogens is 334 g/mol. The Morgan fingerprint density at radius 2 is 1.91 bits per heavy atom. The maximum absolute atomic E-state index is 12.4. The first-order valence-electron chi connectivity index (χ1n) is 6.65. The van der Waals surface area contributed by atoms with Gasteiger partial charge in [0.25, 0.3) is 10.0 Å². The van der Waals surface area contributed by atoms with E-state index < -0.39 is 10.0 Å². The van der Waals surface area contributed by atoms with E-state index in [1.165, 1.54) is 17.5 Å². The molecule has 0 aliphatic heterocycles. The van der Waals surface area contributed by atoms with Crippen LogP contribution in [0.2, 0.25) is 0 Å². The molecule has 0 radical (unpaired) electrons. The standard InChI is InChI=1S/C14H13N5O2S2/c1-9-7-13(22-10(9)2)23(20,21)19-14-17-4-3-11(18-14)12-8-15-5-6-16-12/h3-8H,1-2H3,(H,17,18,19). The van der Waals surface area contributed by atoms with Crippen LogP contribution in [0.15, 0.2) is 41.1 Å². The van der Waals surface area contributed by atoms with Gasteiger partial charge in [-0.1, -0.05) is 0 Å². The molecule has 0 amide bonds. The van der Waals surface area contributed by atoms with Crippen LogP contribution in [0.1, 0.15) is 10.4 Å². The van der Waals surface area contributed by atoms with Gasteiger partial charge in [-0.3, -0.25) is 9.97 Å². The summed E-state index contributed by atoms with van der Waals surface area (Å²) in [5.41, 5.74) is 1.96. The predicted octanol–water partition coefficient (Wildman–Crippen LogP) is 2.41. The van der Waals surface area contributed by atoms with Gasteiger partial charge in [-0.15, -0.1) is 11.3 Å². The first-order chi connectivity index (χ1) is 11.0. The summed E-state index contributed by atoms with van der Waals surface area (Å²) >= 11 is 1.21. The van der Waals surface area contributed by atoms with Crippen molar-refractivity contribution in [2.45, 2.75) is 18.1 Å². The van der Waals surface area contributed by atoms with Crippen molar-refractivity contribution < 1.29 is 8.42 Å². The zero-order chi connectivity index (χ0) is 16.4. The Kier molecular flexibility index (Phi) is 4.05. The molecule has 3 aromatic heterocycles. The van der Waals surface area contributed by atoms with Gasteiger partial charge in [0.05, 0.1) is 11.9 Å². The monoisotopic (exact) mass is 347 g/mol. The third-order valence-corrected chi connectivity index (χ3v) is 6.07. The van der Waals surface area contributed by atoms with Crippen LogP contribution in [-0.4, -0.2) is 28.4 Å². The quantitative estimate of drug-likeness (QED) is 0.778. The average Bonchev–Trinajstić information content (AvgIpc) is 2.88. The van der Waals surface area contributed by atoms with Crippen LogP contribution in [0.3, 0.4) is 0 Å². The molecule has 0 unspecified atom stereocenters. The van der Waals surface area contributed by atoms with Gasteiger partial charge in [-0.05, 0) is 31.5 Å². The maximum atomic E-state index is 12.4. The predicted molar refractivity (Wildman–Crippen MR) is 87.7 cm³/mol. The number of nitrogens with zero attached hydrogens (tertiary/aromatic N) is 4. The van der Waals surface area contributed by atoms with E-state index in [0.717, 1.165) is 10.4 Å². The number of aromatic nitrogens is 4. The minimum absolute atomic E-state index is 0.00291. The Labute approximate surface area is 137 Å². The van der Waals surface area contributed by atoms with E-state index in [2.05, 4.69) is 24.7 Å². The van der Waals surface area contributed by atoms with Gasteiger partial charge in [0.1, 0.15) is 9.90 Å². The molecule has 0 aliphatic carbocycles. The largest absolute Gasteiger partial charge is 0.273 e. The van der Waals surface area contributed by atoms with Gasteiger partial charge in [-0.2, -0.15) is 0 Å². The maximum Gasteiger partial charge on any atom is 0.273 e. The highest BCUT2D eigenvalue weighted by atomic mass is 32.2. The molecule has 0 saturated carbocycles. The summed E-state index contributed by atoms with van der Waals surface area (Å²) in [5.74, 6) is -0.00291. The molecule has 3 aromatic rings. The highest BCUT2D eigenvalue weighted by Gasteiger charge is 2.19. The molecule has 1 N–H and O–H groups in total. The minimum atomic E-state index is -3.71. The summed E-state index contributed by atoms with van der Waals surface area (Å²) in [7, 11) is -3.71. The topological polar surface area (TPSA) is 97.7 Å². The number of aryl methyl sites for hydroxylation is 2. The van der Waals surface area contributed by atoms with Crippen LogP contribution in [0.25, 0.3) is 11.4 Å². The Morgan fingerprint density at radius 3 is 2.57 bits per heavy atom. The van der Waals surface area contributed by atoms with Crippen molar-refractivity contribution in [3.8, 4) is 11.4 Å². The van der Waals surface area contributed by atoms with Gasteiger partial charge in [0, 0.05) is 23.5 Å². The van der Waals surface area contributed by atoms with Crippen LogP contribution in [-0.2, 0) is 10.0 Å². The van der Waals surface area contributed by atoms with E-state index in [0.29, 0.717) is 11.4 Å². The molecule has 0 bridgehead atoms. The summed E-state index contributed by atoms with van der Waals surface area (Å²) in [6.45, 7) is 3.75. The van der Waals surface area contributed by atoms with Crippen molar-refractivity contribution in [1.82, 2.24) is 19.9 Å². The molecule has 3 rings (SSSR count). The second-order valence-corrected chi connectivity index (χ2v) is 7.93. The van der Waals surface area contributed by atoms with Crippen molar-refractivity contribution in [3.05, 3.63) is 47.4 Å². The zero-order valence-corrected chi connectivity index (χ0v) is 14.0. The lowest BCUT2D eigenvalue weighted by Gasteiger charge is -2.05. The molecule has 3 heterocycles. The smallest absolute Gasteiger partial charge is 0.261 e. The van der Waals surface area contributed by atoms with Crippen LogP contribution < -0.4 is 4.72 Å². The minimum Gasteiger partial charge on any atom is -0.261 e. The summed E-state index contributed by atoms with van der Waals surface area (Å²) in [6.07, 6.45) is 6.11. The fourth-order valence-corrected chi connectivity index (χ4v) is 4.29. The van der Waals surface area contributed by atoms with Crippen LogP contribution in [0.5, 0.6) is 0 Å². The van der Waals surface area contributed by atoms with Crippen molar-refractivity contribution in [1.29, 1.82) is 0 Å². The fraction of sp³-hybridized carbons (Fsp3) is 0.143. The second kappa shape index (κ2) is 6.01. The van der Waals surface area contributed by atoms with Gasteiger partial charge >= 0.3 is 0 Å². The molecule has 118 valence electrons. The Morgan fingerprint density at radius 1 is 1.09 bits per heavy atom. The molecular formula is C14H13N5O2S2. The average molecular weight is 347 g/mol. The molecule has 0 aliphatic rings. The summed E-state index contributed by atoms with van der Waals surface area (Å²) in [4.78, 5) is 17.2. The van der Waals surface area contributed by atoms with Gasteiger partial charge in [0.2, 0.25) is 5.95 Å². The van der Waals surface area contributed by atoms with Crippen molar-refractivity contribution in [2.75, 3.05) is 4.72 Å². The summed E-state index contributed by atoms with van der Waals surface area (Å²) in [5, 5.41) is 0. The van der Waals surface area contributed by atoms with Crippen LogP contribution in [0, 0.1) is 13.8 Å². The number of hydrogen-bond acceptors (Lipinski definition) is 7. The van der Waals surface area contributed by atoms with Crippen molar-refractivity contribution >= 4 is 27.3 Å². The van der Waals surface area contributed by atoms with Crippen LogP contribution in [0.4, 0.5) is 5.95 Å². The van der Waals surface area contributed by atoms with Gasteiger partial charge < -0.3 is 0 Å². The van der Waals surface area contributed by atoms with Crippen LogP contribution >= 0.6 is 11.3 Å². The third-order valence-electron chi connectivity index (χ3n) is 3.12. The first-order valence-corrected chi connectivity index (χ1v) is 8.95. The molecule has 0 fully saturated rings. The van der Waals surface area contributed by atoms with E-state index in [1.807, 2.05) is 13.8 Å². The number of hydrogen-bond donors (Lipinski definition) is 1. The summed E-state index contributed by atoms with van der Waals surface area (Å²) in [6, 6.07) is 3.27. The van der Waals surface area contributed by atoms with Gasteiger partial charge in [-0.25, -0.2) is 23.1 Å². The fourth-order valence-electron chi connectivity index (χ4n) is 1.82. The zero-order valence-electron chi connectivity index (χ0n) is 12.4. The Balaban J connectivity index is 1.91. The highest BCUT2D eigenvalue weighted by molar-refractivity contribution is 7.94.